The summed E-state index contributed by atoms with van der Waals surface area (Å²) in [6.07, 6.45) is 4.27. The predicted octanol–water partition coefficient (Wildman–Crippen LogP) is 8.23. The van der Waals surface area contributed by atoms with E-state index < -0.39 is 55.5 Å². The number of carbonyl (C=O) groups is 12. The molecular weight excluding hydrogens is 1370 g/mol. The number of benzene rings is 6. The van der Waals surface area contributed by atoms with Gasteiger partial charge in [-0.25, -0.2) is 9.00 Å². The van der Waals surface area contributed by atoms with Crippen LogP contribution >= 0.6 is 33.0 Å². The van der Waals surface area contributed by atoms with Crippen molar-refractivity contribution < 1.29 is 66.8 Å². The number of amides is 7. The first-order valence-corrected chi connectivity index (χ1v) is 34.5. The molecule has 0 spiro atoms. The molecule has 29 heteroatoms. The van der Waals surface area contributed by atoms with Crippen molar-refractivity contribution in [2.24, 2.45) is 5.73 Å². The SMILES string of the molecule is CN.CNC(=O)c1cccc2c(C(=O)C(=O)N3CCN(C(=O)c4ccccc4)C[C@H]3C)c[nH]c12.C[C@@H]1CN(C(=O)c2ccccc2)CCN1C(=O)C(=O)c1c[nH]c2c(C(=O)Cl)cccc12.C[C@@H]1CN(C(=O)c2ccccc2)CCN1C(=O)C(=O)c1c[nH]c2c(C(=O)O)cccc12.O=S(Cl)Cl. The Kier molecular flexibility index (Phi) is 25.7. The Balaban J connectivity index is 0.000000183. The minimum atomic E-state index is -1.67. The fourth-order valence-electron chi connectivity index (χ4n) is 12.1. The average molecular weight is 1440 g/mol. The van der Waals surface area contributed by atoms with Crippen molar-refractivity contribution in [2.45, 2.75) is 38.9 Å². The summed E-state index contributed by atoms with van der Waals surface area (Å²) < 4.78 is 9.09. The molecule has 0 radical (unpaired) electrons. The summed E-state index contributed by atoms with van der Waals surface area (Å²) in [7, 11) is 10.4. The summed E-state index contributed by atoms with van der Waals surface area (Å²) in [4.78, 5) is 169. The Hall–Kier alpha value is -10.6. The highest BCUT2D eigenvalue weighted by Gasteiger charge is 2.38. The van der Waals surface area contributed by atoms with Crippen LogP contribution in [-0.2, 0) is 23.6 Å². The van der Waals surface area contributed by atoms with Gasteiger partial charge in [0.1, 0.15) is 0 Å². The molecule has 0 saturated carbocycles. The third-order valence-electron chi connectivity index (χ3n) is 17.0. The topological polar surface area (TPSA) is 347 Å². The van der Waals surface area contributed by atoms with Gasteiger partial charge in [-0.3, -0.25) is 52.7 Å². The minimum absolute atomic E-state index is 0.0328. The molecule has 3 fully saturated rings. The second-order valence-corrected chi connectivity index (χ2v) is 25.9. The van der Waals surface area contributed by atoms with Crippen LogP contribution in [0, 0.1) is 0 Å². The summed E-state index contributed by atoms with van der Waals surface area (Å²) in [6.45, 7) is 8.25. The van der Waals surface area contributed by atoms with E-state index in [4.69, 9.17) is 15.8 Å². The highest BCUT2D eigenvalue weighted by atomic mass is 36.0. The Morgan fingerprint density at radius 1 is 0.430 bits per heavy atom. The van der Waals surface area contributed by atoms with Crippen molar-refractivity contribution in [2.75, 3.05) is 73.0 Å². The lowest BCUT2D eigenvalue weighted by atomic mass is 10.0. The number of fused-ring (bicyclic) bond motifs is 3. The van der Waals surface area contributed by atoms with E-state index in [1.54, 1.807) is 125 Å². The number of nitrogens with two attached hydrogens (primary N) is 1. The number of halogens is 3. The van der Waals surface area contributed by atoms with Gasteiger partial charge in [0.15, 0.2) is 0 Å². The number of hydrogen-bond donors (Lipinski definition) is 6. The van der Waals surface area contributed by atoms with Crippen LogP contribution in [0.3, 0.4) is 0 Å². The van der Waals surface area contributed by atoms with E-state index >= 15 is 0 Å². The lowest BCUT2D eigenvalue weighted by Crippen LogP contribution is -2.56. The maximum absolute atomic E-state index is 13.1. The Bertz CT molecular complexity index is 4420. The van der Waals surface area contributed by atoms with E-state index in [0.717, 1.165) is 0 Å². The highest BCUT2D eigenvalue weighted by molar-refractivity contribution is 8.26. The van der Waals surface area contributed by atoms with E-state index in [-0.39, 0.29) is 89.2 Å². The largest absolute Gasteiger partial charge is 0.478 e. The van der Waals surface area contributed by atoms with E-state index in [2.05, 4.69) is 47.4 Å². The Morgan fingerprint density at radius 3 is 0.990 bits per heavy atom. The van der Waals surface area contributed by atoms with Crippen LogP contribution in [0.2, 0.25) is 0 Å². The second kappa shape index (κ2) is 34.2. The molecule has 520 valence electrons. The van der Waals surface area contributed by atoms with Crippen LogP contribution in [-0.4, -0.2) is 215 Å². The molecule has 12 rings (SSSR count). The predicted molar refractivity (Wildman–Crippen MR) is 379 cm³/mol. The molecule has 3 aliphatic heterocycles. The van der Waals surface area contributed by atoms with Crippen molar-refractivity contribution in [1.29, 1.82) is 0 Å². The van der Waals surface area contributed by atoms with Crippen LogP contribution in [0.5, 0.6) is 0 Å². The molecule has 25 nitrogen and oxygen atoms in total. The van der Waals surface area contributed by atoms with Gasteiger partial charge in [-0.1, -0.05) is 91.0 Å². The molecule has 6 aromatic carbocycles. The number of aromatic nitrogens is 3. The van der Waals surface area contributed by atoms with Gasteiger partial charge >= 0.3 is 5.97 Å². The molecule has 3 atom stereocenters. The third kappa shape index (κ3) is 17.1. The molecule has 0 bridgehead atoms. The summed E-state index contributed by atoms with van der Waals surface area (Å²) in [5, 5.41) is 12.6. The van der Waals surface area contributed by atoms with Gasteiger partial charge in [-0.05, 0) is 94.0 Å². The number of aromatic carboxylic acids is 1. The summed E-state index contributed by atoms with van der Waals surface area (Å²) in [6, 6.07) is 40.4. The van der Waals surface area contributed by atoms with Crippen molar-refractivity contribution in [3.63, 3.8) is 0 Å². The van der Waals surface area contributed by atoms with Gasteiger partial charge in [0.2, 0.25) is 9.23 Å². The highest BCUT2D eigenvalue weighted by Crippen LogP contribution is 2.28. The molecule has 0 unspecified atom stereocenters. The summed E-state index contributed by atoms with van der Waals surface area (Å²) in [5.41, 5.74) is 8.74. The Morgan fingerprint density at radius 2 is 0.710 bits per heavy atom. The smallest absolute Gasteiger partial charge is 0.337 e. The number of nitrogens with zero attached hydrogens (tertiary/aromatic N) is 6. The molecule has 6 heterocycles. The quantitative estimate of drug-likeness (QED) is 0.0381. The van der Waals surface area contributed by atoms with Gasteiger partial charge in [0.05, 0.1) is 49.9 Å². The number of ketones is 3. The van der Waals surface area contributed by atoms with Crippen LogP contribution in [0.25, 0.3) is 32.7 Å². The normalized spacial score (nSPS) is 15.7. The van der Waals surface area contributed by atoms with Crippen molar-refractivity contribution in [3.8, 4) is 0 Å². The first-order valence-electron chi connectivity index (χ1n) is 31.3. The molecule has 3 saturated heterocycles. The molecule has 0 aliphatic carbocycles. The van der Waals surface area contributed by atoms with Crippen LogP contribution in [0.4, 0.5) is 0 Å². The summed E-state index contributed by atoms with van der Waals surface area (Å²) in [5.74, 6) is -5.62. The third-order valence-corrected chi connectivity index (χ3v) is 17.2. The molecular formula is C71H70Cl3N11O14S. The zero-order chi connectivity index (χ0) is 72.6. The number of H-pyrrole nitrogens is 3. The molecule has 7 amide bonds. The van der Waals surface area contributed by atoms with Crippen molar-refractivity contribution in [3.05, 3.63) is 214 Å². The fourth-order valence-corrected chi connectivity index (χ4v) is 12.2. The number of carboxylic acid groups (broad SMARTS) is 1. The van der Waals surface area contributed by atoms with Gasteiger partial charge in [-0.2, -0.15) is 0 Å². The fraction of sp³-hybridized carbons (Fsp3) is 0.239. The van der Waals surface area contributed by atoms with E-state index in [1.807, 2.05) is 44.2 Å². The zero-order valence-electron chi connectivity index (χ0n) is 54.7. The standard InChI is InChI=1S/C24H24N4O4.C23H20ClN3O4.C23H21N3O5.CH5N.Cl2OS/c1-15-14-27(23(31)16-7-4-3-5-8-16)11-12-28(15)24(32)21(29)19-13-26-20-17(19)9-6-10-18(20)22(30)25-2;1-14-13-26(22(30)15-6-3-2-4-7-15)10-11-27(14)23(31)20(28)18-12-25-19-16(18)8-5-9-17(19)21(24)29;1-14-13-25(21(28)15-6-3-2-4-7-15)10-11-26(14)22(29)20(27)18-12-24-19-16(18)8-5-9-17(19)23(30)31;1-2;1-4(2)3/h3-10,13,15,26H,11-12,14H2,1-2H3,(H,25,30);2-9,12,14,25H,10-11,13H2,1H3;2-9,12,14,24H,10-11,13H2,1H3,(H,30,31);2H2,1H3;/t15-;2*14-;;/m111../s1. The maximum atomic E-state index is 13.1. The average Bonchev–Trinajstić information content (AvgIpc) is 1.60. The van der Waals surface area contributed by atoms with E-state index in [9.17, 15) is 62.6 Å². The van der Waals surface area contributed by atoms with Gasteiger partial charge < -0.3 is 60.5 Å². The number of carbonyl (C=O) groups excluding carboxylic acids is 11. The maximum Gasteiger partial charge on any atom is 0.337 e. The van der Waals surface area contributed by atoms with Crippen LogP contribution < -0.4 is 11.1 Å². The van der Waals surface area contributed by atoms with Crippen LogP contribution in [0.1, 0.15) is 114 Å². The number of aromatic amines is 3. The number of para-hydroxylation sites is 3. The first-order chi connectivity index (χ1) is 47.9. The van der Waals surface area contributed by atoms with Crippen molar-refractivity contribution >= 4 is 145 Å². The van der Waals surface area contributed by atoms with Crippen LogP contribution in [0.15, 0.2) is 164 Å². The van der Waals surface area contributed by atoms with E-state index in [0.29, 0.717) is 94.2 Å². The van der Waals surface area contributed by atoms with E-state index in [1.165, 1.54) is 59.5 Å². The number of nitrogens with one attached hydrogen (secondary N) is 4. The van der Waals surface area contributed by atoms with Crippen molar-refractivity contribution in [1.82, 2.24) is 49.7 Å². The molecule has 100 heavy (non-hydrogen) atoms. The van der Waals surface area contributed by atoms with Gasteiger partial charge in [0.25, 0.3) is 63.9 Å². The Labute approximate surface area is 589 Å². The zero-order valence-corrected chi connectivity index (χ0v) is 57.8. The molecule has 3 aromatic heterocycles. The molecule has 7 N–H and O–H groups in total. The number of carboxylic acids is 1. The lowest BCUT2D eigenvalue weighted by molar-refractivity contribution is -0.130. The number of piperazine rings is 3. The second-order valence-electron chi connectivity index (χ2n) is 23.0. The summed E-state index contributed by atoms with van der Waals surface area (Å²) >= 11 is 5.61. The molecule has 9 aromatic rings. The lowest BCUT2D eigenvalue weighted by Gasteiger charge is -2.39. The first kappa shape index (κ1) is 75.1. The number of hydrogen-bond acceptors (Lipinski definition) is 14. The number of Topliss-reactive ketones (excluding diaryl/α,β-unsaturated/α-hetero) is 3. The monoisotopic (exact) mass is 1440 g/mol. The molecule has 3 aliphatic rings. The van der Waals surface area contributed by atoms with Gasteiger partial charge in [0, 0.05) is 157 Å². The minimum Gasteiger partial charge on any atom is -0.478 e. The van der Waals surface area contributed by atoms with Gasteiger partial charge in [-0.15, -0.1) is 0 Å². The number of rotatable bonds is 12.